The van der Waals surface area contributed by atoms with E-state index in [0.29, 0.717) is 48.6 Å². The number of hydrogen-bond donors (Lipinski definition) is 1. The van der Waals surface area contributed by atoms with E-state index in [1.807, 2.05) is 91.0 Å². The molecule has 1 aliphatic rings. The van der Waals surface area contributed by atoms with Crippen molar-refractivity contribution in [3.05, 3.63) is 150 Å². The Bertz CT molecular complexity index is 2140. The van der Waals surface area contributed by atoms with Crippen LogP contribution in [0.15, 0.2) is 118 Å². The van der Waals surface area contributed by atoms with Crippen molar-refractivity contribution in [1.82, 2.24) is 4.57 Å². The summed E-state index contributed by atoms with van der Waals surface area (Å²) in [5.41, 5.74) is 3.58. The van der Waals surface area contributed by atoms with Gasteiger partial charge in [0.2, 0.25) is 0 Å². The predicted molar refractivity (Wildman–Crippen MR) is 181 cm³/mol. The highest BCUT2D eigenvalue weighted by Crippen LogP contribution is 2.33. The summed E-state index contributed by atoms with van der Waals surface area (Å²) >= 11 is 7.55. The van der Waals surface area contributed by atoms with Crippen molar-refractivity contribution in [2.75, 3.05) is 19.5 Å². The monoisotopic (exact) mass is 651 g/mol. The maximum absolute atomic E-state index is 14.1. The lowest BCUT2D eigenvalue weighted by Crippen LogP contribution is -2.40. The van der Waals surface area contributed by atoms with Crippen LogP contribution in [-0.4, -0.2) is 24.7 Å². The first-order valence-corrected chi connectivity index (χ1v) is 15.6. The molecule has 1 N–H and O–H groups in total. The zero-order valence-electron chi connectivity index (χ0n) is 25.3. The Morgan fingerprint density at radius 1 is 0.957 bits per heavy atom. The lowest BCUT2D eigenvalue weighted by Gasteiger charge is -2.25. The van der Waals surface area contributed by atoms with Crippen molar-refractivity contribution >= 4 is 40.6 Å². The minimum absolute atomic E-state index is 0.271. The number of nitrogens with one attached hydrogen (secondary N) is 1. The average Bonchev–Trinajstić information content (AvgIpc) is 3.37. The molecule has 232 valence electrons. The minimum atomic E-state index is -0.729. The normalized spacial score (nSPS) is 14.3. The fourth-order valence-corrected chi connectivity index (χ4v) is 6.51. The van der Waals surface area contributed by atoms with E-state index < -0.39 is 6.04 Å². The molecule has 0 saturated heterocycles. The van der Waals surface area contributed by atoms with E-state index in [1.54, 1.807) is 37.9 Å². The fourth-order valence-electron chi connectivity index (χ4n) is 5.27. The molecular weight excluding hydrogens is 622 g/mol. The number of aromatic nitrogens is 1. The number of thiazole rings is 1. The largest absolute Gasteiger partial charge is 0.497 e. The number of rotatable bonds is 9. The standard InChI is InChI=1S/C36H30ClN3O5S/c1-22-32(34(41)39-26-12-5-4-6-13-26)33(24-11-9-14-27(20-24)43-2)40-35(42)31(46-36(40)38-22)19-23-16-17-29(30(18-23)44-3)45-21-25-10-7-8-15-28(25)37/h4-20,33H,21H2,1-3H3,(H,39,41)/b31-19-/t33-/m0/s1. The summed E-state index contributed by atoms with van der Waals surface area (Å²) in [4.78, 5) is 33.1. The van der Waals surface area contributed by atoms with Crippen molar-refractivity contribution < 1.29 is 19.0 Å². The maximum Gasteiger partial charge on any atom is 0.271 e. The third kappa shape index (κ3) is 6.33. The van der Waals surface area contributed by atoms with Gasteiger partial charge in [0.1, 0.15) is 12.4 Å². The second kappa shape index (κ2) is 13.5. The van der Waals surface area contributed by atoms with Crippen LogP contribution in [0.2, 0.25) is 5.02 Å². The Hall–Kier alpha value is -5.12. The number of hydrogen-bond acceptors (Lipinski definition) is 7. The molecule has 0 radical (unpaired) electrons. The van der Waals surface area contributed by atoms with Gasteiger partial charge in [-0.25, -0.2) is 4.99 Å². The van der Waals surface area contributed by atoms with Crippen molar-refractivity contribution in [3.8, 4) is 17.2 Å². The molecule has 1 atom stereocenters. The van der Waals surface area contributed by atoms with E-state index in [4.69, 9.17) is 30.8 Å². The van der Waals surface area contributed by atoms with Crippen molar-refractivity contribution in [2.45, 2.75) is 19.6 Å². The molecule has 0 spiro atoms. The van der Waals surface area contributed by atoms with Crippen LogP contribution >= 0.6 is 22.9 Å². The number of halogens is 1. The highest BCUT2D eigenvalue weighted by atomic mass is 35.5. The van der Waals surface area contributed by atoms with Gasteiger partial charge in [-0.2, -0.15) is 0 Å². The van der Waals surface area contributed by atoms with Crippen molar-refractivity contribution in [2.24, 2.45) is 4.99 Å². The van der Waals surface area contributed by atoms with E-state index in [2.05, 4.69) is 5.32 Å². The predicted octanol–water partition coefficient (Wildman–Crippen LogP) is 6.12. The summed E-state index contributed by atoms with van der Waals surface area (Å²) < 4.78 is 19.1. The third-order valence-electron chi connectivity index (χ3n) is 7.53. The summed E-state index contributed by atoms with van der Waals surface area (Å²) in [7, 11) is 3.14. The Morgan fingerprint density at radius 3 is 2.50 bits per heavy atom. The van der Waals surface area contributed by atoms with E-state index >= 15 is 0 Å². The quantitative estimate of drug-likeness (QED) is 0.207. The number of ether oxygens (including phenoxy) is 3. The molecule has 4 aromatic carbocycles. The molecule has 1 aliphatic heterocycles. The Kier molecular flexibility index (Phi) is 9.05. The minimum Gasteiger partial charge on any atom is -0.497 e. The molecule has 0 fully saturated rings. The number of anilines is 1. The fraction of sp³-hybridized carbons (Fsp3) is 0.139. The highest BCUT2D eigenvalue weighted by Gasteiger charge is 2.32. The second-order valence-electron chi connectivity index (χ2n) is 10.5. The zero-order chi connectivity index (χ0) is 32.2. The lowest BCUT2D eigenvalue weighted by molar-refractivity contribution is -0.113. The van der Waals surface area contributed by atoms with Gasteiger partial charge < -0.3 is 19.5 Å². The first-order chi connectivity index (χ1) is 22.4. The molecule has 6 rings (SSSR count). The molecule has 0 saturated carbocycles. The molecule has 8 nitrogen and oxygen atoms in total. The number of carbonyl (C=O) groups excluding carboxylic acids is 1. The van der Waals surface area contributed by atoms with Crippen LogP contribution in [0, 0.1) is 0 Å². The number of para-hydroxylation sites is 1. The van der Waals surface area contributed by atoms with E-state index in [-0.39, 0.29) is 18.1 Å². The molecule has 10 heteroatoms. The second-order valence-corrected chi connectivity index (χ2v) is 11.9. The highest BCUT2D eigenvalue weighted by molar-refractivity contribution is 7.07. The van der Waals surface area contributed by atoms with Crippen LogP contribution < -0.4 is 34.4 Å². The molecule has 1 amide bonds. The molecule has 0 unspecified atom stereocenters. The summed E-state index contributed by atoms with van der Waals surface area (Å²) in [6.45, 7) is 2.06. The lowest BCUT2D eigenvalue weighted by atomic mass is 9.95. The Balaban J connectivity index is 1.39. The van der Waals surface area contributed by atoms with Crippen LogP contribution in [0.3, 0.4) is 0 Å². The number of amides is 1. The van der Waals surface area contributed by atoms with Crippen LogP contribution in [0.4, 0.5) is 5.69 Å². The topological polar surface area (TPSA) is 91.2 Å². The first-order valence-electron chi connectivity index (χ1n) is 14.4. The Morgan fingerprint density at radius 2 is 1.74 bits per heavy atom. The summed E-state index contributed by atoms with van der Waals surface area (Å²) in [6.07, 6.45) is 1.79. The maximum atomic E-state index is 14.1. The van der Waals surface area contributed by atoms with E-state index in [9.17, 15) is 9.59 Å². The van der Waals surface area contributed by atoms with E-state index in [0.717, 1.165) is 16.7 Å². The van der Waals surface area contributed by atoms with Gasteiger partial charge in [-0.15, -0.1) is 0 Å². The zero-order valence-corrected chi connectivity index (χ0v) is 26.9. The van der Waals surface area contributed by atoms with Gasteiger partial charge in [-0.3, -0.25) is 14.2 Å². The summed E-state index contributed by atoms with van der Waals surface area (Å²) in [6, 6.07) is 28.8. The number of nitrogens with zero attached hydrogens (tertiary/aromatic N) is 2. The molecule has 46 heavy (non-hydrogen) atoms. The van der Waals surface area contributed by atoms with Gasteiger partial charge >= 0.3 is 0 Å². The van der Waals surface area contributed by atoms with Crippen molar-refractivity contribution in [3.63, 3.8) is 0 Å². The average molecular weight is 652 g/mol. The van der Waals surface area contributed by atoms with Gasteiger partial charge in [-0.1, -0.05) is 77.5 Å². The van der Waals surface area contributed by atoms with Crippen LogP contribution in [0.25, 0.3) is 6.08 Å². The van der Waals surface area contributed by atoms with Crippen LogP contribution in [0.5, 0.6) is 17.2 Å². The third-order valence-corrected chi connectivity index (χ3v) is 8.89. The first kappa shape index (κ1) is 30.9. The van der Waals surface area contributed by atoms with Gasteiger partial charge in [0.05, 0.1) is 36.1 Å². The smallest absolute Gasteiger partial charge is 0.271 e. The molecular formula is C36H30ClN3O5S. The summed E-state index contributed by atoms with van der Waals surface area (Å²) in [5.74, 6) is 1.33. The number of benzene rings is 4. The molecule has 1 aromatic heterocycles. The van der Waals surface area contributed by atoms with Gasteiger partial charge in [0.25, 0.3) is 11.5 Å². The number of fused-ring (bicyclic) bond motifs is 1. The van der Waals surface area contributed by atoms with Crippen molar-refractivity contribution in [1.29, 1.82) is 0 Å². The van der Waals surface area contributed by atoms with E-state index in [1.165, 1.54) is 11.3 Å². The Labute approximate surface area is 274 Å². The van der Waals surface area contributed by atoms with Gasteiger partial charge in [0, 0.05) is 16.3 Å². The molecule has 0 bridgehead atoms. The van der Waals surface area contributed by atoms with Crippen LogP contribution in [-0.2, 0) is 11.4 Å². The molecule has 2 heterocycles. The summed E-state index contributed by atoms with van der Waals surface area (Å²) in [5, 5.41) is 3.59. The van der Waals surface area contributed by atoms with Gasteiger partial charge in [-0.05, 0) is 66.6 Å². The number of allylic oxidation sites excluding steroid dienone is 1. The SMILES string of the molecule is COc1cccc([C@H]2C(C(=O)Nc3ccccc3)=C(C)N=c3s/c(=C\c4ccc(OCc5ccccc5Cl)c(OC)c4)c(=O)n32)c1. The van der Waals surface area contributed by atoms with Gasteiger partial charge in [0.15, 0.2) is 16.3 Å². The molecule has 5 aromatic rings. The number of methoxy groups -OCH3 is 2. The molecule has 0 aliphatic carbocycles. The number of carbonyl (C=O) groups is 1. The van der Waals surface area contributed by atoms with Crippen LogP contribution in [0.1, 0.15) is 29.7 Å².